The van der Waals surface area contributed by atoms with E-state index in [0.29, 0.717) is 0 Å². The number of nitrogens with zero attached hydrogens (tertiary/aromatic N) is 1. The quantitative estimate of drug-likeness (QED) is 0.289. The van der Waals surface area contributed by atoms with Gasteiger partial charge in [-0.05, 0) is 55.2 Å². The fraction of sp³-hybridized carbons (Fsp3) is 0.379. The van der Waals surface area contributed by atoms with Crippen molar-refractivity contribution in [2.75, 3.05) is 0 Å². The molecule has 0 aliphatic carbocycles. The van der Waals surface area contributed by atoms with Crippen molar-refractivity contribution in [3.8, 4) is 0 Å². The smallest absolute Gasteiger partial charge is 0.412 e. The van der Waals surface area contributed by atoms with Crippen LogP contribution in [0.15, 0.2) is 89.8 Å². The van der Waals surface area contributed by atoms with E-state index < -0.39 is 42.6 Å². The van der Waals surface area contributed by atoms with E-state index in [2.05, 4.69) is 33.9 Å². The average molecular weight is 570 g/mol. The second kappa shape index (κ2) is 10.6. The van der Waals surface area contributed by atoms with Crippen LogP contribution in [0.25, 0.3) is 0 Å². The molecule has 0 radical (unpaired) electrons. The van der Waals surface area contributed by atoms with Gasteiger partial charge >= 0.3 is 6.47 Å². The van der Waals surface area contributed by atoms with E-state index in [1.807, 2.05) is 74.5 Å². The summed E-state index contributed by atoms with van der Waals surface area (Å²) in [5.74, 6) is 0. The van der Waals surface area contributed by atoms with Gasteiger partial charge in [-0.2, -0.15) is 4.22 Å². The molecule has 1 heterocycles. The third kappa shape index (κ3) is 5.15. The first kappa shape index (κ1) is 29.1. The average Bonchev–Trinajstić information content (AvgIpc) is 3.19. The Balaban J connectivity index is 1.98. The molecule has 1 saturated heterocycles. The molecule has 202 valence electrons. The molecule has 3 aromatic rings. The van der Waals surface area contributed by atoms with Gasteiger partial charge in [-0.15, -0.1) is 11.5 Å². The van der Waals surface area contributed by atoms with Gasteiger partial charge in [-0.3, -0.25) is 0 Å². The number of benzene rings is 3. The first-order valence-electron chi connectivity index (χ1n) is 12.9. The lowest BCUT2D eigenvalue weighted by Crippen LogP contribution is -2.57. The van der Waals surface area contributed by atoms with Crippen molar-refractivity contribution in [2.45, 2.75) is 75.4 Å². The van der Waals surface area contributed by atoms with Crippen molar-refractivity contribution in [1.82, 2.24) is 4.22 Å². The second-order valence-corrected chi connectivity index (χ2v) is 18.5. The SMILES string of the molecule is Cc1ccc(S(=O)(=O)N2B(Cl)OC(c3ccccc3)(c3ccccc3)C2C(C)O[Si](C)(C)C(C)(C)C)cc1. The van der Waals surface area contributed by atoms with Crippen LogP contribution in [-0.2, 0) is 24.7 Å². The predicted molar refractivity (Wildman–Crippen MR) is 158 cm³/mol. The summed E-state index contributed by atoms with van der Waals surface area (Å²) >= 11 is 6.91. The zero-order valence-corrected chi connectivity index (χ0v) is 25.8. The first-order chi connectivity index (χ1) is 17.7. The van der Waals surface area contributed by atoms with Crippen molar-refractivity contribution in [1.29, 1.82) is 0 Å². The van der Waals surface area contributed by atoms with Gasteiger partial charge in [0.05, 0.1) is 17.0 Å². The molecule has 0 amide bonds. The Kier molecular flexibility index (Phi) is 8.08. The molecule has 1 fully saturated rings. The van der Waals surface area contributed by atoms with Crippen LogP contribution in [0.5, 0.6) is 0 Å². The Bertz CT molecular complexity index is 1310. The maximum absolute atomic E-state index is 14.3. The Morgan fingerprint density at radius 3 is 1.87 bits per heavy atom. The molecule has 2 atom stereocenters. The lowest BCUT2D eigenvalue weighted by atomic mass is 9.78. The molecule has 0 bridgehead atoms. The van der Waals surface area contributed by atoms with Gasteiger partial charge in [0.15, 0.2) is 8.32 Å². The monoisotopic (exact) mass is 569 g/mol. The van der Waals surface area contributed by atoms with Crippen molar-refractivity contribution in [2.24, 2.45) is 0 Å². The van der Waals surface area contributed by atoms with E-state index in [1.165, 1.54) is 4.22 Å². The third-order valence-corrected chi connectivity index (χ3v) is 14.7. The standard InChI is InChI=1S/C29H37BClNO4SSi/c1-22-18-20-26(21-19-22)37(33,34)32-27(23(2)35-38(6,7)28(3,4)5)29(36-30(32)31,24-14-10-8-11-15-24)25-16-12-9-13-17-25/h8-21,23,27H,1-7H3. The number of hydrogen-bond donors (Lipinski definition) is 0. The highest BCUT2D eigenvalue weighted by Gasteiger charge is 2.63. The summed E-state index contributed by atoms with van der Waals surface area (Å²) in [6.45, 7) is 13.5. The van der Waals surface area contributed by atoms with Gasteiger partial charge in [0, 0.05) is 0 Å². The molecule has 1 aliphatic rings. The molecular formula is C29H37BClNO4SSi. The summed E-state index contributed by atoms with van der Waals surface area (Å²) in [7, 11) is -6.38. The molecule has 5 nitrogen and oxygen atoms in total. The van der Waals surface area contributed by atoms with Gasteiger partial charge in [0.1, 0.15) is 5.60 Å². The van der Waals surface area contributed by atoms with E-state index in [4.69, 9.17) is 20.5 Å². The summed E-state index contributed by atoms with van der Waals surface area (Å²) in [5.41, 5.74) is 1.40. The summed E-state index contributed by atoms with van der Waals surface area (Å²) in [6.07, 6.45) is -0.541. The normalized spacial score (nSPS) is 19.5. The number of halogens is 1. The summed E-state index contributed by atoms with van der Waals surface area (Å²) in [4.78, 5) is 0.166. The molecular weight excluding hydrogens is 533 g/mol. The van der Waals surface area contributed by atoms with Crippen molar-refractivity contribution in [3.63, 3.8) is 0 Å². The van der Waals surface area contributed by atoms with Crippen LogP contribution in [0.1, 0.15) is 44.4 Å². The van der Waals surface area contributed by atoms with Gasteiger partial charge in [-0.25, -0.2) is 8.42 Å². The molecule has 0 aromatic heterocycles. The van der Waals surface area contributed by atoms with E-state index in [-0.39, 0.29) is 9.93 Å². The van der Waals surface area contributed by atoms with E-state index >= 15 is 0 Å². The summed E-state index contributed by atoms with van der Waals surface area (Å²) in [6, 6.07) is 25.5. The number of aryl methyl sites for hydroxylation is 1. The number of hydrogen-bond acceptors (Lipinski definition) is 4. The van der Waals surface area contributed by atoms with Gasteiger partial charge < -0.3 is 9.08 Å². The highest BCUT2D eigenvalue weighted by atomic mass is 35.5. The Morgan fingerprint density at radius 2 is 1.42 bits per heavy atom. The molecule has 2 unspecified atom stereocenters. The van der Waals surface area contributed by atoms with Crippen molar-refractivity contribution >= 4 is 36.3 Å². The third-order valence-electron chi connectivity index (χ3n) is 7.91. The molecule has 9 heteroatoms. The van der Waals surface area contributed by atoms with E-state index in [9.17, 15) is 8.42 Å². The molecule has 0 spiro atoms. The number of sulfonamides is 1. The second-order valence-electron chi connectivity index (χ2n) is 11.6. The maximum Gasteiger partial charge on any atom is 0.509 e. The molecule has 1 aliphatic heterocycles. The largest absolute Gasteiger partial charge is 0.509 e. The van der Waals surface area contributed by atoms with Crippen LogP contribution < -0.4 is 0 Å². The van der Waals surface area contributed by atoms with Crippen LogP contribution in [-0.4, -0.2) is 39.6 Å². The minimum atomic E-state index is -4.07. The highest BCUT2D eigenvalue weighted by Crippen LogP contribution is 2.50. The summed E-state index contributed by atoms with van der Waals surface area (Å²) < 4.78 is 43.5. The van der Waals surface area contributed by atoms with Crippen LogP contribution in [0.2, 0.25) is 18.1 Å². The minimum Gasteiger partial charge on any atom is -0.412 e. The lowest BCUT2D eigenvalue weighted by Gasteiger charge is -2.45. The fourth-order valence-electron chi connectivity index (χ4n) is 4.93. The van der Waals surface area contributed by atoms with Crippen LogP contribution >= 0.6 is 11.5 Å². The fourth-order valence-corrected chi connectivity index (χ4v) is 8.52. The maximum atomic E-state index is 14.3. The van der Waals surface area contributed by atoms with Crippen LogP contribution in [0.4, 0.5) is 0 Å². The van der Waals surface area contributed by atoms with Crippen LogP contribution in [0.3, 0.4) is 0 Å². The predicted octanol–water partition coefficient (Wildman–Crippen LogP) is 6.96. The minimum absolute atomic E-state index is 0.0795. The number of rotatable bonds is 7. The Morgan fingerprint density at radius 1 is 0.947 bits per heavy atom. The van der Waals surface area contributed by atoms with Gasteiger partial charge in [-0.1, -0.05) is 99.1 Å². The molecule has 4 rings (SSSR count). The Hall–Kier alpha value is -1.94. The van der Waals surface area contributed by atoms with E-state index in [0.717, 1.165) is 16.7 Å². The van der Waals surface area contributed by atoms with Gasteiger partial charge in [0.25, 0.3) is 0 Å². The van der Waals surface area contributed by atoms with Gasteiger partial charge in [0.2, 0.25) is 10.0 Å². The topological polar surface area (TPSA) is 55.8 Å². The van der Waals surface area contributed by atoms with E-state index in [1.54, 1.807) is 24.3 Å². The first-order valence-corrected chi connectivity index (χ1v) is 17.7. The van der Waals surface area contributed by atoms with Crippen molar-refractivity contribution in [3.05, 3.63) is 102 Å². The Labute approximate surface area is 234 Å². The highest BCUT2D eigenvalue weighted by molar-refractivity contribution is 7.90. The van der Waals surface area contributed by atoms with Crippen molar-refractivity contribution < 1.29 is 17.5 Å². The summed E-state index contributed by atoms with van der Waals surface area (Å²) in [5, 5.41) is -0.0795. The zero-order valence-electron chi connectivity index (χ0n) is 23.2. The molecule has 38 heavy (non-hydrogen) atoms. The van der Waals surface area contributed by atoms with Crippen LogP contribution in [0, 0.1) is 6.92 Å². The molecule has 0 N–H and O–H groups in total. The molecule has 0 saturated carbocycles. The zero-order chi connectivity index (χ0) is 27.9. The lowest BCUT2D eigenvalue weighted by molar-refractivity contribution is 0.0379. The molecule has 3 aromatic carbocycles.